The van der Waals surface area contributed by atoms with Crippen molar-refractivity contribution in [2.75, 3.05) is 38.2 Å². The number of anilines is 1. The van der Waals surface area contributed by atoms with Gasteiger partial charge in [-0.2, -0.15) is 8.78 Å². The molecule has 6 nitrogen and oxygen atoms in total. The van der Waals surface area contributed by atoms with E-state index in [-0.39, 0.29) is 16.3 Å². The monoisotopic (exact) mass is 377 g/mol. The fourth-order valence-electron chi connectivity index (χ4n) is 2.52. The molecule has 0 bridgehead atoms. The van der Waals surface area contributed by atoms with Crippen LogP contribution in [0.2, 0.25) is 5.02 Å². The number of halogens is 3. The van der Waals surface area contributed by atoms with Crippen LogP contribution in [-0.2, 0) is 4.74 Å². The highest BCUT2D eigenvalue weighted by Gasteiger charge is 2.28. The quantitative estimate of drug-likeness (QED) is 0.799. The van der Waals surface area contributed by atoms with Gasteiger partial charge in [-0.3, -0.25) is 4.90 Å². The van der Waals surface area contributed by atoms with Gasteiger partial charge in [-0.05, 0) is 32.0 Å². The van der Waals surface area contributed by atoms with E-state index in [1.807, 2.05) is 13.8 Å². The van der Waals surface area contributed by atoms with E-state index in [2.05, 4.69) is 20.3 Å². The van der Waals surface area contributed by atoms with Gasteiger partial charge in [-0.15, -0.1) is 0 Å². The largest absolute Gasteiger partial charge is 0.433 e. The second kappa shape index (κ2) is 8.64. The molecule has 2 amide bonds. The average Bonchev–Trinajstić information content (AvgIpc) is 2.56. The normalized spacial score (nSPS) is 15.9. The van der Waals surface area contributed by atoms with Gasteiger partial charge in [-0.25, -0.2) is 4.79 Å². The van der Waals surface area contributed by atoms with Gasteiger partial charge in [0.25, 0.3) is 0 Å². The number of carbonyl (C=O) groups is 1. The number of hydrogen-bond donors (Lipinski definition) is 2. The first-order valence-electron chi connectivity index (χ1n) is 7.90. The van der Waals surface area contributed by atoms with Gasteiger partial charge in [0.15, 0.2) is 0 Å². The van der Waals surface area contributed by atoms with Gasteiger partial charge >= 0.3 is 12.6 Å². The van der Waals surface area contributed by atoms with Gasteiger partial charge in [0.1, 0.15) is 5.75 Å². The number of rotatable bonds is 6. The van der Waals surface area contributed by atoms with E-state index < -0.39 is 12.6 Å². The summed E-state index contributed by atoms with van der Waals surface area (Å²) in [5, 5.41) is 5.42. The van der Waals surface area contributed by atoms with Crippen molar-refractivity contribution < 1.29 is 23.0 Å². The second-order valence-corrected chi connectivity index (χ2v) is 6.65. The number of urea groups is 1. The van der Waals surface area contributed by atoms with Gasteiger partial charge in [0, 0.05) is 30.9 Å². The van der Waals surface area contributed by atoms with Crippen LogP contribution in [0.3, 0.4) is 0 Å². The Morgan fingerprint density at radius 3 is 2.68 bits per heavy atom. The van der Waals surface area contributed by atoms with Gasteiger partial charge in [0.2, 0.25) is 0 Å². The summed E-state index contributed by atoms with van der Waals surface area (Å²) in [7, 11) is 0. The molecule has 9 heteroatoms. The second-order valence-electron chi connectivity index (χ2n) is 6.24. The van der Waals surface area contributed by atoms with Gasteiger partial charge in [-0.1, -0.05) is 11.6 Å². The third kappa shape index (κ3) is 5.98. The lowest BCUT2D eigenvalue weighted by Crippen LogP contribution is -2.55. The van der Waals surface area contributed by atoms with Crippen LogP contribution in [0.4, 0.5) is 19.3 Å². The van der Waals surface area contributed by atoms with Crippen molar-refractivity contribution >= 4 is 23.3 Å². The summed E-state index contributed by atoms with van der Waals surface area (Å²) in [6.07, 6.45) is 0. The van der Waals surface area contributed by atoms with E-state index in [1.165, 1.54) is 18.2 Å². The van der Waals surface area contributed by atoms with Crippen LogP contribution in [0.5, 0.6) is 5.75 Å². The summed E-state index contributed by atoms with van der Waals surface area (Å²) in [6.45, 7) is 4.58. The average molecular weight is 378 g/mol. The predicted molar refractivity (Wildman–Crippen MR) is 91.6 cm³/mol. The van der Waals surface area contributed by atoms with E-state index in [9.17, 15) is 13.6 Å². The molecular weight excluding hydrogens is 356 g/mol. The highest BCUT2D eigenvalue weighted by atomic mass is 35.5. The van der Waals surface area contributed by atoms with Crippen LogP contribution in [-0.4, -0.2) is 55.9 Å². The minimum Gasteiger partial charge on any atom is -0.433 e. The summed E-state index contributed by atoms with van der Waals surface area (Å²) < 4.78 is 34.0. The SMILES string of the molecule is CC(C)(CNC(=O)Nc1ccc(OC(F)F)c(Cl)c1)N1CCOCC1. The van der Waals surface area contributed by atoms with Crippen LogP contribution < -0.4 is 15.4 Å². The third-order valence-electron chi connectivity index (χ3n) is 3.95. The first-order chi connectivity index (χ1) is 11.8. The summed E-state index contributed by atoms with van der Waals surface area (Å²) in [4.78, 5) is 14.3. The lowest BCUT2D eigenvalue weighted by atomic mass is 10.0. The number of morpholine rings is 1. The standard InChI is InChI=1S/C16H22ClF2N3O3/c1-16(2,22-5-7-24-8-6-22)10-20-15(23)21-11-3-4-13(12(17)9-11)25-14(18)19/h3-4,9,14H,5-8,10H2,1-2H3,(H2,20,21,23). The Balaban J connectivity index is 1.86. The van der Waals surface area contributed by atoms with Crippen molar-refractivity contribution in [1.29, 1.82) is 0 Å². The first-order valence-corrected chi connectivity index (χ1v) is 8.28. The molecule has 25 heavy (non-hydrogen) atoms. The van der Waals surface area contributed by atoms with Crippen molar-refractivity contribution in [1.82, 2.24) is 10.2 Å². The maximum Gasteiger partial charge on any atom is 0.387 e. The molecule has 0 saturated carbocycles. The zero-order chi connectivity index (χ0) is 18.4. The van der Waals surface area contributed by atoms with Crippen molar-refractivity contribution in [3.05, 3.63) is 23.2 Å². The highest BCUT2D eigenvalue weighted by Crippen LogP contribution is 2.28. The van der Waals surface area contributed by atoms with Crippen molar-refractivity contribution in [3.8, 4) is 5.75 Å². The van der Waals surface area contributed by atoms with E-state index in [0.717, 1.165) is 13.1 Å². The number of hydrogen-bond acceptors (Lipinski definition) is 4. The molecule has 0 spiro atoms. The first kappa shape index (κ1) is 19.7. The lowest BCUT2D eigenvalue weighted by Gasteiger charge is -2.40. The lowest BCUT2D eigenvalue weighted by molar-refractivity contribution is -0.0497. The maximum atomic E-state index is 12.2. The van der Waals surface area contributed by atoms with E-state index in [4.69, 9.17) is 16.3 Å². The molecule has 0 unspecified atom stereocenters. The molecular formula is C16H22ClF2N3O3. The Hall–Kier alpha value is -1.64. The molecule has 1 fully saturated rings. The molecule has 0 atom stereocenters. The van der Waals surface area contributed by atoms with Crippen LogP contribution >= 0.6 is 11.6 Å². The zero-order valence-electron chi connectivity index (χ0n) is 14.2. The number of nitrogens with one attached hydrogen (secondary N) is 2. The maximum absolute atomic E-state index is 12.2. The Morgan fingerprint density at radius 2 is 2.08 bits per heavy atom. The molecule has 1 aromatic carbocycles. The molecule has 0 aromatic heterocycles. The summed E-state index contributed by atoms with van der Waals surface area (Å²) in [6, 6.07) is 3.67. The molecule has 2 N–H and O–H groups in total. The zero-order valence-corrected chi connectivity index (χ0v) is 14.9. The molecule has 2 rings (SSSR count). The van der Waals surface area contributed by atoms with Crippen LogP contribution in [0.25, 0.3) is 0 Å². The number of carbonyl (C=O) groups excluding carboxylic acids is 1. The number of benzene rings is 1. The van der Waals surface area contributed by atoms with E-state index in [1.54, 1.807) is 0 Å². The summed E-state index contributed by atoms with van der Waals surface area (Å²) >= 11 is 5.86. The third-order valence-corrected chi connectivity index (χ3v) is 4.25. The van der Waals surface area contributed by atoms with E-state index >= 15 is 0 Å². The van der Waals surface area contributed by atoms with Gasteiger partial charge in [0.05, 0.1) is 18.2 Å². The molecule has 0 radical (unpaired) electrons. The minimum atomic E-state index is -2.96. The predicted octanol–water partition coefficient (Wildman–Crippen LogP) is 3.17. The topological polar surface area (TPSA) is 62.8 Å². The molecule has 1 aromatic rings. The Labute approximate surface area is 150 Å². The van der Waals surface area contributed by atoms with Crippen molar-refractivity contribution in [2.45, 2.75) is 26.0 Å². The fraction of sp³-hybridized carbons (Fsp3) is 0.562. The molecule has 1 aliphatic rings. The number of alkyl halides is 2. The van der Waals surface area contributed by atoms with Crippen LogP contribution in [0, 0.1) is 0 Å². The number of ether oxygens (including phenoxy) is 2. The smallest absolute Gasteiger partial charge is 0.387 e. The summed E-state index contributed by atoms with van der Waals surface area (Å²) in [5.41, 5.74) is 0.168. The highest BCUT2D eigenvalue weighted by molar-refractivity contribution is 6.32. The van der Waals surface area contributed by atoms with Crippen molar-refractivity contribution in [3.63, 3.8) is 0 Å². The number of nitrogens with zero attached hydrogens (tertiary/aromatic N) is 1. The Bertz CT molecular complexity index is 596. The molecule has 140 valence electrons. The molecule has 1 saturated heterocycles. The van der Waals surface area contributed by atoms with E-state index in [0.29, 0.717) is 25.4 Å². The fourth-order valence-corrected chi connectivity index (χ4v) is 2.75. The van der Waals surface area contributed by atoms with Crippen LogP contribution in [0.1, 0.15) is 13.8 Å². The number of amides is 2. The minimum absolute atomic E-state index is 0.00764. The summed E-state index contributed by atoms with van der Waals surface area (Å²) in [5.74, 6) is -0.143. The molecule has 0 aliphatic carbocycles. The Morgan fingerprint density at radius 1 is 1.40 bits per heavy atom. The van der Waals surface area contributed by atoms with Crippen molar-refractivity contribution in [2.24, 2.45) is 0 Å². The Kier molecular flexibility index (Phi) is 6.80. The van der Waals surface area contributed by atoms with Gasteiger partial charge < -0.3 is 20.1 Å². The molecule has 1 heterocycles. The van der Waals surface area contributed by atoms with Crippen LogP contribution in [0.15, 0.2) is 18.2 Å². The molecule has 1 aliphatic heterocycles.